The molecule has 14 bridgehead atoms. The summed E-state index contributed by atoms with van der Waals surface area (Å²) in [4.78, 5) is 8.44. The fourth-order valence-electron chi connectivity index (χ4n) is 11.3. The van der Waals surface area contributed by atoms with Crippen molar-refractivity contribution in [2.75, 3.05) is 39.6 Å². The molecule has 21 aliphatic heterocycles. The van der Waals surface area contributed by atoms with Crippen LogP contribution in [0.1, 0.15) is 5.56 Å². The Morgan fingerprint density at radius 3 is 0.667 bits per heavy atom. The maximum atomic E-state index is 11.8. The number of rotatable bonds is 8. The quantitative estimate of drug-likeness (QED) is 0.107. The molecule has 22 heterocycles. The van der Waals surface area contributed by atoms with Gasteiger partial charge in [0.2, 0.25) is 6.16 Å². The normalized spacial score (nSPS) is 50.1. The minimum Gasteiger partial charge on any atom is -0.565 e. The molecule has 500 valence electrons. The van der Waals surface area contributed by atoms with Gasteiger partial charge in [0.15, 0.2) is 63.0 Å². The third-order valence-corrected chi connectivity index (χ3v) is 16.1. The first-order chi connectivity index (χ1) is 41.3. The molecular weight excluding hydrogens is 1190 g/mol. The van der Waals surface area contributed by atoms with Gasteiger partial charge in [-0.2, -0.15) is 0 Å². The van der Waals surface area contributed by atoms with Gasteiger partial charge in [-0.3, -0.25) is 0 Å². The van der Waals surface area contributed by atoms with Gasteiger partial charge in [0.1, 0.15) is 171 Å². The Morgan fingerprint density at radius 2 is 0.494 bits per heavy atom. The van der Waals surface area contributed by atoms with E-state index in [-0.39, 0.29) is 6.54 Å². The largest absolute Gasteiger partial charge is 0.565 e. The molecule has 0 amide bonds. The fourth-order valence-corrected chi connectivity index (χ4v) is 11.3. The number of carbonyl (C=O) groups is 1. The van der Waals surface area contributed by atoms with E-state index in [9.17, 15) is 102 Å². The van der Waals surface area contributed by atoms with Gasteiger partial charge in [-0.25, -0.2) is 4.57 Å². The number of ether oxygens (including phenoxy) is 14. The second-order valence-electron chi connectivity index (χ2n) is 21.8. The van der Waals surface area contributed by atoms with Crippen LogP contribution in [0.4, 0.5) is 4.79 Å². The van der Waals surface area contributed by atoms with Crippen LogP contribution in [0.25, 0.3) is 0 Å². The monoisotopic (exact) mass is 1270 g/mol. The summed E-state index contributed by atoms with van der Waals surface area (Å²) in [6.07, 6.45) is -68.1. The van der Waals surface area contributed by atoms with Crippen LogP contribution in [-0.4, -0.2) is 368 Å². The van der Waals surface area contributed by atoms with E-state index >= 15 is 0 Å². The Bertz CT molecular complexity index is 2270. The molecule has 0 radical (unpaired) electrons. The molecule has 22 rings (SSSR count). The SMILES string of the molecule is Cc1cc[n+](C[C@H]2O[C@@H]3O[C@H]4[C@H](O)[C@@H](O)[C@@H](O[C@H]5[C@H](O)[C@@H](O)[C@@H](O[C@H]6[C@H](O)[C@@H](O)[C@@H](O[C@H]7[C@H](O)[C@@H](O)[C@@H](O[C@H]8[C@H](O)[C@@H](O)[C@@H](O[C@H]9[C@H](O)[C@@H](O)[C@@H](O[C@H]2[C@H](O)[C@H]3O)O[C@@H]9CO)O[C@@H]8CO)O[C@@H]7CO)O[C@@H]6CO)O[C@@H]5CO)O[C@@H]4CO)cc1.O=C([O-])O. The van der Waals surface area contributed by atoms with E-state index < -0.39 is 261 Å². The van der Waals surface area contributed by atoms with Crippen LogP contribution >= 0.6 is 0 Å². The third kappa shape index (κ3) is 15.0. The first-order valence-electron chi connectivity index (χ1n) is 27.5. The smallest absolute Gasteiger partial charge is 0.249 e. The van der Waals surface area contributed by atoms with E-state index in [0.717, 1.165) is 5.56 Å². The van der Waals surface area contributed by atoms with Crippen LogP contribution in [0.5, 0.6) is 0 Å². The summed E-state index contributed by atoms with van der Waals surface area (Å²) in [5.41, 5.74) is 0.826. The summed E-state index contributed by atoms with van der Waals surface area (Å²) in [5, 5.41) is 239. The van der Waals surface area contributed by atoms with Gasteiger partial charge in [-0.05, 0) is 12.5 Å². The summed E-state index contributed by atoms with van der Waals surface area (Å²) in [6, 6.07) is 3.41. The van der Waals surface area contributed by atoms with Gasteiger partial charge in [-0.1, -0.05) is 0 Å². The molecule has 21 saturated heterocycles. The molecule has 38 nitrogen and oxygen atoms in total. The molecule has 1 aromatic heterocycles. The second-order valence-corrected chi connectivity index (χ2v) is 21.8. The zero-order chi connectivity index (χ0) is 63.6. The molecule has 21 aliphatic rings. The summed E-state index contributed by atoms with van der Waals surface area (Å²) >= 11 is 0. The van der Waals surface area contributed by atoms with Crippen molar-refractivity contribution >= 4 is 6.16 Å². The summed E-state index contributed by atoms with van der Waals surface area (Å²) in [5.74, 6) is 0. The van der Waals surface area contributed by atoms with Crippen LogP contribution in [0.15, 0.2) is 24.5 Å². The maximum Gasteiger partial charge on any atom is 0.249 e. The van der Waals surface area contributed by atoms with E-state index in [1.807, 2.05) is 0 Å². The minimum atomic E-state index is -2.20. The Kier molecular flexibility index (Phi) is 24.3. The number of nitrogens with zero attached hydrogens (tertiary/aromatic N) is 1. The molecule has 35 atom stereocenters. The molecular formula is C49H77NO37. The first kappa shape index (κ1) is 69.9. The number of aliphatic hydroxyl groups is 20. The first-order valence-corrected chi connectivity index (χ1v) is 27.5. The van der Waals surface area contributed by atoms with E-state index in [1.54, 1.807) is 36.0 Å². The molecule has 0 aromatic carbocycles. The van der Waals surface area contributed by atoms with Crippen LogP contribution in [0.2, 0.25) is 0 Å². The fraction of sp³-hybridized carbons (Fsp3) is 0.878. The number of aliphatic hydroxyl groups excluding tert-OH is 20. The van der Waals surface area contributed by atoms with Gasteiger partial charge in [0.25, 0.3) is 0 Å². The van der Waals surface area contributed by atoms with Gasteiger partial charge in [0.05, 0.1) is 39.6 Å². The van der Waals surface area contributed by atoms with Crippen molar-refractivity contribution in [3.63, 3.8) is 0 Å². The standard InChI is InChI=1S/C48H76NO34.CH2O3/c1-13-2-4-49(5-3-13)6-14-35-21(56)28(63)42(70-14)78-36-15(7-50)72-44(30(65)23(36)58)80-38-17(9-52)74-46(32(67)25(38)60)82-40-19(11-54)76-48(34(69)27(40)62)83-41-20(12-55)75-47(33(68)26(41)61)81-39-18(10-53)73-45(31(66)24(39)59)79-37-16(8-51)71-43(77-35)29(64)22(37)57;2-1(3)4/h2-5,14-48,50-69H,6-12H2,1H3;(H2,2,3,4)/q+1;/p-1/t14-,15-,16-,17-,18-,19-,20-,21-,22-,23-,24-,25-,26-,27-,28-,29-,30-,31-,32-,33-,34-,35-,36-,37-,38-,39-,40-,41-,42-,43-,44-,45-,46-,47-,48-;/m1./s1. The topological polar surface area (TPSA) is 598 Å². The van der Waals surface area contributed by atoms with E-state index in [4.69, 9.17) is 81.3 Å². The van der Waals surface area contributed by atoms with Crippen LogP contribution < -0.4 is 9.67 Å². The van der Waals surface area contributed by atoms with Gasteiger partial charge >= 0.3 is 0 Å². The number of carboxylic acid groups (broad SMARTS) is 2. The van der Waals surface area contributed by atoms with Gasteiger partial charge in [-0.15, -0.1) is 0 Å². The molecule has 0 aliphatic carbocycles. The Morgan fingerprint density at radius 1 is 0.333 bits per heavy atom. The molecule has 87 heavy (non-hydrogen) atoms. The lowest BCUT2D eigenvalue weighted by molar-refractivity contribution is -0.707. The van der Waals surface area contributed by atoms with E-state index in [1.165, 1.54) is 0 Å². The lowest BCUT2D eigenvalue weighted by atomic mass is 9.95. The van der Waals surface area contributed by atoms with Gasteiger partial charge in [0, 0.05) is 12.1 Å². The average molecular weight is 1270 g/mol. The molecule has 0 spiro atoms. The zero-order valence-corrected chi connectivity index (χ0v) is 45.8. The van der Waals surface area contributed by atoms with Crippen molar-refractivity contribution in [3.05, 3.63) is 30.1 Å². The third-order valence-electron chi connectivity index (χ3n) is 16.1. The lowest BCUT2D eigenvalue weighted by Gasteiger charge is -2.50. The van der Waals surface area contributed by atoms with Crippen molar-refractivity contribution in [1.82, 2.24) is 0 Å². The van der Waals surface area contributed by atoms with Crippen molar-refractivity contribution in [2.45, 2.75) is 228 Å². The average Bonchev–Trinajstić information content (AvgIpc) is 1.24. The van der Waals surface area contributed by atoms with Crippen molar-refractivity contribution in [2.24, 2.45) is 0 Å². The van der Waals surface area contributed by atoms with Crippen molar-refractivity contribution < 1.29 is 188 Å². The number of hydrogen-bond acceptors (Lipinski definition) is 36. The zero-order valence-electron chi connectivity index (χ0n) is 45.8. The Hall–Kier alpha value is -2.94. The number of pyridine rings is 1. The highest BCUT2D eigenvalue weighted by Crippen LogP contribution is 2.39. The summed E-state index contributed by atoms with van der Waals surface area (Å²) in [6.45, 7) is -4.64. The van der Waals surface area contributed by atoms with Crippen molar-refractivity contribution in [3.8, 4) is 0 Å². The Labute approximate surface area is 491 Å². The number of aryl methyl sites for hydroxylation is 1. The summed E-state index contributed by atoms with van der Waals surface area (Å²) < 4.78 is 83.0. The molecule has 0 unspecified atom stereocenters. The molecule has 0 saturated carbocycles. The summed E-state index contributed by atoms with van der Waals surface area (Å²) in [7, 11) is 0. The molecule has 21 fully saturated rings. The molecule has 38 heteroatoms. The minimum absolute atomic E-state index is 0.241. The van der Waals surface area contributed by atoms with Crippen LogP contribution in [0, 0.1) is 6.92 Å². The number of hydrogen-bond donors (Lipinski definition) is 21. The highest BCUT2D eigenvalue weighted by Gasteiger charge is 2.60. The van der Waals surface area contributed by atoms with Crippen LogP contribution in [-0.2, 0) is 72.9 Å². The predicted molar refractivity (Wildman–Crippen MR) is 261 cm³/mol. The molecule has 1 aromatic rings. The van der Waals surface area contributed by atoms with E-state index in [2.05, 4.69) is 0 Å². The molecule has 21 N–H and O–H groups in total. The van der Waals surface area contributed by atoms with Gasteiger partial charge < -0.3 is 183 Å². The predicted octanol–water partition coefficient (Wildman–Crippen LogP) is -15.0. The van der Waals surface area contributed by atoms with Crippen LogP contribution in [0.3, 0.4) is 0 Å². The van der Waals surface area contributed by atoms with Crippen molar-refractivity contribution in [1.29, 1.82) is 0 Å². The Balaban J connectivity index is 0.00000238. The second kappa shape index (κ2) is 30.2. The highest BCUT2D eigenvalue weighted by molar-refractivity contribution is 5.50. The maximum absolute atomic E-state index is 11.8. The van der Waals surface area contributed by atoms with E-state index in [0.29, 0.717) is 0 Å². The highest BCUT2D eigenvalue weighted by atomic mass is 16.8. The lowest BCUT2D eigenvalue weighted by Crippen LogP contribution is -2.68. The number of aromatic nitrogens is 1.